The lowest BCUT2D eigenvalue weighted by atomic mass is 10.0. The normalized spacial score (nSPS) is 18.0. The fraction of sp³-hybridized carbons (Fsp3) is 0.438. The highest BCUT2D eigenvalue weighted by Crippen LogP contribution is 2.25. The second-order valence-corrected chi connectivity index (χ2v) is 5.78. The number of carbonyl (C=O) groups excluding carboxylic acids is 1. The number of nitrogens with one attached hydrogen (secondary N) is 2. The Morgan fingerprint density at radius 3 is 2.86 bits per heavy atom. The highest BCUT2D eigenvalue weighted by molar-refractivity contribution is 5.83. The Labute approximate surface area is 122 Å². The zero-order valence-corrected chi connectivity index (χ0v) is 12.2. The molecule has 4 nitrogen and oxygen atoms in total. The summed E-state index contributed by atoms with van der Waals surface area (Å²) in [6, 6.07) is 5.25. The lowest BCUT2D eigenvalue weighted by molar-refractivity contribution is -0.145. The molecule has 2 heterocycles. The molecule has 1 aliphatic heterocycles. The lowest BCUT2D eigenvalue weighted by Crippen LogP contribution is -2.42. The van der Waals surface area contributed by atoms with Crippen molar-refractivity contribution in [2.45, 2.75) is 38.8 Å². The van der Waals surface area contributed by atoms with Gasteiger partial charge in [-0.05, 0) is 29.7 Å². The van der Waals surface area contributed by atoms with Crippen molar-refractivity contribution < 1.29 is 13.9 Å². The third kappa shape index (κ3) is 2.78. The van der Waals surface area contributed by atoms with Gasteiger partial charge in [0.05, 0.1) is 13.2 Å². The van der Waals surface area contributed by atoms with Crippen molar-refractivity contribution in [1.29, 1.82) is 0 Å². The van der Waals surface area contributed by atoms with E-state index in [1.54, 1.807) is 6.07 Å². The summed E-state index contributed by atoms with van der Waals surface area (Å²) >= 11 is 0. The molecular formula is C16H19FN2O2. The quantitative estimate of drug-likeness (QED) is 0.909. The van der Waals surface area contributed by atoms with Crippen LogP contribution in [-0.4, -0.2) is 23.6 Å². The number of halogens is 1. The average molecular weight is 290 g/mol. The van der Waals surface area contributed by atoms with Crippen molar-refractivity contribution >= 4 is 16.8 Å². The molecule has 21 heavy (non-hydrogen) atoms. The van der Waals surface area contributed by atoms with E-state index in [2.05, 4.69) is 10.3 Å². The van der Waals surface area contributed by atoms with Crippen LogP contribution in [0.4, 0.5) is 4.39 Å². The standard InChI is InChI=1S/C16H19FN2O2/c1-9(2)12-7-14-10(6-13(12)17)5-11(19-14)8-18-16(20)15-3-4-21-15/h5-7,9,15,19H,3-4,8H2,1-2H3,(H,18,20). The van der Waals surface area contributed by atoms with Crippen molar-refractivity contribution in [1.82, 2.24) is 10.3 Å². The van der Waals surface area contributed by atoms with Gasteiger partial charge in [0.15, 0.2) is 0 Å². The maximum absolute atomic E-state index is 14.0. The van der Waals surface area contributed by atoms with E-state index in [1.165, 1.54) is 0 Å². The van der Waals surface area contributed by atoms with Gasteiger partial charge in [-0.15, -0.1) is 0 Å². The molecule has 1 aromatic carbocycles. The summed E-state index contributed by atoms with van der Waals surface area (Å²) in [4.78, 5) is 14.9. The molecule has 2 N–H and O–H groups in total. The molecule has 1 unspecified atom stereocenters. The number of amides is 1. The summed E-state index contributed by atoms with van der Waals surface area (Å²) in [5.74, 6) is -0.138. The van der Waals surface area contributed by atoms with E-state index >= 15 is 0 Å². The molecule has 112 valence electrons. The number of fused-ring (bicyclic) bond motifs is 1. The van der Waals surface area contributed by atoms with Gasteiger partial charge in [0.1, 0.15) is 11.9 Å². The Kier molecular flexibility index (Phi) is 3.68. The molecule has 0 spiro atoms. The van der Waals surface area contributed by atoms with E-state index in [1.807, 2.05) is 26.0 Å². The van der Waals surface area contributed by atoms with Gasteiger partial charge in [0, 0.05) is 23.0 Å². The topological polar surface area (TPSA) is 54.1 Å². The van der Waals surface area contributed by atoms with Crippen LogP contribution in [0.3, 0.4) is 0 Å². The van der Waals surface area contributed by atoms with Crippen molar-refractivity contribution in [2.75, 3.05) is 6.61 Å². The van der Waals surface area contributed by atoms with E-state index < -0.39 is 0 Å². The monoisotopic (exact) mass is 290 g/mol. The summed E-state index contributed by atoms with van der Waals surface area (Å²) in [6.45, 7) is 4.98. The summed E-state index contributed by atoms with van der Waals surface area (Å²) in [5.41, 5.74) is 2.45. The molecule has 0 aliphatic carbocycles. The summed E-state index contributed by atoms with van der Waals surface area (Å²) in [5, 5.41) is 3.65. The molecule has 1 aliphatic rings. The Hall–Kier alpha value is -1.88. The summed E-state index contributed by atoms with van der Waals surface area (Å²) < 4.78 is 19.1. The molecule has 1 saturated heterocycles. The lowest BCUT2D eigenvalue weighted by Gasteiger charge is -2.24. The highest BCUT2D eigenvalue weighted by atomic mass is 19.1. The number of aromatic amines is 1. The third-order valence-electron chi connectivity index (χ3n) is 3.86. The molecule has 1 atom stereocenters. The van der Waals surface area contributed by atoms with Crippen LogP contribution in [-0.2, 0) is 16.1 Å². The number of ether oxygens (including phenoxy) is 1. The van der Waals surface area contributed by atoms with E-state index in [0.29, 0.717) is 18.7 Å². The SMILES string of the molecule is CC(C)c1cc2[nH]c(CNC(=O)C3CCO3)cc2cc1F. The van der Waals surface area contributed by atoms with Gasteiger partial charge in [0.25, 0.3) is 0 Å². The average Bonchev–Trinajstić information content (AvgIpc) is 2.74. The molecule has 2 aromatic rings. The maximum atomic E-state index is 14.0. The summed E-state index contributed by atoms with van der Waals surface area (Å²) in [7, 11) is 0. The highest BCUT2D eigenvalue weighted by Gasteiger charge is 2.25. The van der Waals surface area contributed by atoms with Crippen LogP contribution in [0.25, 0.3) is 10.9 Å². The first kappa shape index (κ1) is 14.1. The van der Waals surface area contributed by atoms with Crippen LogP contribution in [0.1, 0.15) is 37.4 Å². The fourth-order valence-corrected chi connectivity index (χ4v) is 2.51. The van der Waals surface area contributed by atoms with Crippen LogP contribution >= 0.6 is 0 Å². The zero-order valence-electron chi connectivity index (χ0n) is 12.2. The van der Waals surface area contributed by atoms with Gasteiger partial charge in [-0.1, -0.05) is 13.8 Å². The van der Waals surface area contributed by atoms with Crippen molar-refractivity contribution in [2.24, 2.45) is 0 Å². The number of carbonyl (C=O) groups is 1. The molecule has 3 rings (SSSR count). The van der Waals surface area contributed by atoms with Gasteiger partial charge in [0.2, 0.25) is 5.91 Å². The molecule has 1 aromatic heterocycles. The number of aromatic nitrogens is 1. The largest absolute Gasteiger partial charge is 0.368 e. The zero-order chi connectivity index (χ0) is 15.0. The molecular weight excluding hydrogens is 271 g/mol. The van der Waals surface area contributed by atoms with Crippen LogP contribution < -0.4 is 5.32 Å². The van der Waals surface area contributed by atoms with E-state index in [0.717, 1.165) is 23.0 Å². The Morgan fingerprint density at radius 1 is 1.48 bits per heavy atom. The number of H-pyrrole nitrogens is 1. The van der Waals surface area contributed by atoms with Crippen LogP contribution in [0.5, 0.6) is 0 Å². The Bertz CT molecular complexity index is 674. The second kappa shape index (κ2) is 5.48. The molecule has 5 heteroatoms. The van der Waals surface area contributed by atoms with E-state index in [-0.39, 0.29) is 23.7 Å². The Morgan fingerprint density at radius 2 is 2.24 bits per heavy atom. The maximum Gasteiger partial charge on any atom is 0.249 e. The molecule has 0 radical (unpaired) electrons. The van der Waals surface area contributed by atoms with E-state index in [4.69, 9.17) is 4.74 Å². The van der Waals surface area contributed by atoms with Crippen LogP contribution in [0.2, 0.25) is 0 Å². The fourth-order valence-electron chi connectivity index (χ4n) is 2.51. The molecule has 1 amide bonds. The molecule has 0 bridgehead atoms. The van der Waals surface area contributed by atoms with Gasteiger partial charge in [-0.25, -0.2) is 4.39 Å². The van der Waals surface area contributed by atoms with E-state index in [9.17, 15) is 9.18 Å². The first-order valence-electron chi connectivity index (χ1n) is 7.25. The van der Waals surface area contributed by atoms with Crippen molar-refractivity contribution in [3.05, 3.63) is 35.3 Å². The van der Waals surface area contributed by atoms with Crippen molar-refractivity contribution in [3.63, 3.8) is 0 Å². The number of hydrogen-bond donors (Lipinski definition) is 2. The van der Waals surface area contributed by atoms with Crippen molar-refractivity contribution in [3.8, 4) is 0 Å². The predicted molar refractivity (Wildman–Crippen MR) is 78.5 cm³/mol. The van der Waals surface area contributed by atoms with Crippen LogP contribution in [0, 0.1) is 5.82 Å². The molecule has 1 fully saturated rings. The minimum absolute atomic E-state index is 0.0889. The number of benzene rings is 1. The minimum Gasteiger partial charge on any atom is -0.368 e. The predicted octanol–water partition coefficient (Wildman–Crippen LogP) is 2.84. The van der Waals surface area contributed by atoms with Gasteiger partial charge < -0.3 is 15.0 Å². The smallest absolute Gasteiger partial charge is 0.249 e. The molecule has 0 saturated carbocycles. The Balaban J connectivity index is 1.75. The van der Waals surface area contributed by atoms with Gasteiger partial charge >= 0.3 is 0 Å². The number of hydrogen-bond acceptors (Lipinski definition) is 2. The van der Waals surface area contributed by atoms with Gasteiger partial charge in [-0.3, -0.25) is 4.79 Å². The van der Waals surface area contributed by atoms with Gasteiger partial charge in [-0.2, -0.15) is 0 Å². The first-order valence-corrected chi connectivity index (χ1v) is 7.25. The number of rotatable bonds is 4. The summed E-state index contributed by atoms with van der Waals surface area (Å²) in [6.07, 6.45) is 0.473. The van der Waals surface area contributed by atoms with Crippen LogP contribution in [0.15, 0.2) is 18.2 Å². The first-order chi connectivity index (χ1) is 10.0. The second-order valence-electron chi connectivity index (χ2n) is 5.78. The third-order valence-corrected chi connectivity index (χ3v) is 3.86. The minimum atomic E-state index is -0.306.